The summed E-state index contributed by atoms with van der Waals surface area (Å²) >= 11 is 1.90. The van der Waals surface area contributed by atoms with Gasteiger partial charge in [0.2, 0.25) is 0 Å². The molecule has 4 aliphatic rings. The van der Waals surface area contributed by atoms with E-state index in [0.29, 0.717) is 0 Å². The van der Waals surface area contributed by atoms with Gasteiger partial charge in [0, 0.05) is 30.9 Å². The van der Waals surface area contributed by atoms with Crippen molar-refractivity contribution in [2.75, 3.05) is 18.8 Å². The Hall–Kier alpha value is 0.270. The Labute approximate surface area is 147 Å². The van der Waals surface area contributed by atoms with Crippen molar-refractivity contribution in [3.63, 3.8) is 0 Å². The SMILES string of the molecule is CCC1(CC2CCCCC2)CC2CN(C(C)C3CSN3)CC2C1. The van der Waals surface area contributed by atoms with Crippen LogP contribution in [0.1, 0.15) is 71.6 Å². The molecule has 0 aromatic rings. The molecule has 0 aromatic heterocycles. The second-order valence-corrected chi connectivity index (χ2v) is 10.1. The molecule has 3 heteroatoms. The number of nitrogens with zero attached hydrogens (tertiary/aromatic N) is 1. The topological polar surface area (TPSA) is 15.3 Å². The van der Waals surface area contributed by atoms with E-state index in [9.17, 15) is 0 Å². The monoisotopic (exact) mass is 336 g/mol. The molecule has 0 bridgehead atoms. The molecule has 0 amide bonds. The Morgan fingerprint density at radius 2 is 1.78 bits per heavy atom. The highest BCUT2D eigenvalue weighted by Crippen LogP contribution is 2.55. The summed E-state index contributed by atoms with van der Waals surface area (Å²) in [6.45, 7) is 7.72. The van der Waals surface area contributed by atoms with Crippen molar-refractivity contribution in [2.45, 2.75) is 83.7 Å². The maximum atomic E-state index is 3.54. The molecule has 132 valence electrons. The van der Waals surface area contributed by atoms with E-state index in [0.717, 1.165) is 35.3 Å². The summed E-state index contributed by atoms with van der Waals surface area (Å²) in [6, 6.07) is 1.49. The van der Waals surface area contributed by atoms with E-state index in [-0.39, 0.29) is 0 Å². The molecule has 4 rings (SSSR count). The zero-order chi connectivity index (χ0) is 15.9. The average Bonchev–Trinajstić information content (AvgIpc) is 3.02. The van der Waals surface area contributed by atoms with E-state index < -0.39 is 0 Å². The highest BCUT2D eigenvalue weighted by molar-refractivity contribution is 7.98. The van der Waals surface area contributed by atoms with Crippen molar-refractivity contribution in [1.29, 1.82) is 0 Å². The fourth-order valence-corrected chi connectivity index (χ4v) is 7.08. The summed E-state index contributed by atoms with van der Waals surface area (Å²) in [7, 11) is 0. The summed E-state index contributed by atoms with van der Waals surface area (Å²) in [4.78, 5) is 2.81. The van der Waals surface area contributed by atoms with E-state index in [1.54, 1.807) is 19.3 Å². The smallest absolute Gasteiger partial charge is 0.0428 e. The molecule has 4 atom stereocenters. The first-order valence-electron chi connectivity index (χ1n) is 10.3. The molecule has 0 aromatic carbocycles. The molecule has 1 N–H and O–H groups in total. The summed E-state index contributed by atoms with van der Waals surface area (Å²) < 4.78 is 3.54. The summed E-state index contributed by atoms with van der Waals surface area (Å²) in [6.07, 6.45) is 13.7. The van der Waals surface area contributed by atoms with Gasteiger partial charge in [0.1, 0.15) is 0 Å². The van der Waals surface area contributed by atoms with E-state index in [2.05, 4.69) is 23.5 Å². The lowest BCUT2D eigenvalue weighted by atomic mass is 9.71. The van der Waals surface area contributed by atoms with Gasteiger partial charge in [0.15, 0.2) is 0 Å². The number of hydrogen-bond acceptors (Lipinski definition) is 3. The third-order valence-corrected chi connectivity index (χ3v) is 8.84. The predicted molar refractivity (Wildman–Crippen MR) is 101 cm³/mol. The molecule has 0 radical (unpaired) electrons. The molecule has 4 unspecified atom stereocenters. The van der Waals surface area contributed by atoms with Gasteiger partial charge in [-0.1, -0.05) is 57.4 Å². The van der Waals surface area contributed by atoms with Gasteiger partial charge in [0.25, 0.3) is 0 Å². The number of nitrogens with one attached hydrogen (secondary N) is 1. The van der Waals surface area contributed by atoms with Crippen LogP contribution >= 0.6 is 11.9 Å². The van der Waals surface area contributed by atoms with Crippen molar-refractivity contribution in [1.82, 2.24) is 9.62 Å². The lowest BCUT2D eigenvalue weighted by Crippen LogP contribution is -2.53. The molecule has 2 saturated heterocycles. The fourth-order valence-electron chi connectivity index (χ4n) is 6.24. The van der Waals surface area contributed by atoms with Crippen LogP contribution in [0, 0.1) is 23.2 Å². The molecule has 0 spiro atoms. The maximum absolute atomic E-state index is 3.54. The molecular formula is C20H36N2S. The number of fused-ring (bicyclic) bond motifs is 1. The second-order valence-electron chi connectivity index (χ2n) is 9.22. The van der Waals surface area contributed by atoms with Gasteiger partial charge >= 0.3 is 0 Å². The molecule has 23 heavy (non-hydrogen) atoms. The summed E-state index contributed by atoms with van der Waals surface area (Å²) in [5.74, 6) is 4.39. The Morgan fingerprint density at radius 1 is 1.13 bits per heavy atom. The number of rotatable bonds is 5. The minimum Gasteiger partial charge on any atom is -0.298 e. The summed E-state index contributed by atoms with van der Waals surface area (Å²) in [5.41, 5.74) is 0.719. The van der Waals surface area contributed by atoms with Gasteiger partial charge in [0.05, 0.1) is 0 Å². The lowest BCUT2D eigenvalue weighted by molar-refractivity contribution is 0.143. The van der Waals surface area contributed by atoms with E-state index >= 15 is 0 Å². The first-order valence-corrected chi connectivity index (χ1v) is 11.3. The first kappa shape index (κ1) is 16.7. The van der Waals surface area contributed by atoms with Crippen molar-refractivity contribution >= 4 is 11.9 Å². The Kier molecular flexibility index (Phi) is 5.00. The largest absolute Gasteiger partial charge is 0.298 e. The van der Waals surface area contributed by atoms with E-state index in [4.69, 9.17) is 0 Å². The molecule has 2 heterocycles. The van der Waals surface area contributed by atoms with Crippen LogP contribution in [0.4, 0.5) is 0 Å². The van der Waals surface area contributed by atoms with Crippen LogP contribution in [0.3, 0.4) is 0 Å². The van der Waals surface area contributed by atoms with Crippen LogP contribution in [0.15, 0.2) is 0 Å². The number of hydrogen-bond donors (Lipinski definition) is 1. The quantitative estimate of drug-likeness (QED) is 0.732. The minimum atomic E-state index is 0.719. The zero-order valence-electron chi connectivity index (χ0n) is 15.2. The Bertz CT molecular complexity index is 388. The van der Waals surface area contributed by atoms with E-state index in [1.165, 1.54) is 57.4 Å². The average molecular weight is 337 g/mol. The van der Waals surface area contributed by atoms with Crippen LogP contribution in [0.5, 0.6) is 0 Å². The van der Waals surface area contributed by atoms with Crippen molar-refractivity contribution in [3.8, 4) is 0 Å². The van der Waals surface area contributed by atoms with Gasteiger partial charge in [-0.05, 0) is 49.4 Å². The van der Waals surface area contributed by atoms with Crippen LogP contribution in [0.2, 0.25) is 0 Å². The molecule has 4 fully saturated rings. The third-order valence-electron chi connectivity index (χ3n) is 7.85. The Balaban J connectivity index is 1.34. The third kappa shape index (κ3) is 3.35. The van der Waals surface area contributed by atoms with Gasteiger partial charge in [-0.2, -0.15) is 0 Å². The zero-order valence-corrected chi connectivity index (χ0v) is 16.0. The molecular weight excluding hydrogens is 300 g/mol. The molecule has 2 saturated carbocycles. The van der Waals surface area contributed by atoms with Crippen LogP contribution < -0.4 is 4.72 Å². The minimum absolute atomic E-state index is 0.719. The summed E-state index contributed by atoms with van der Waals surface area (Å²) in [5, 5.41) is 0. The van der Waals surface area contributed by atoms with Crippen LogP contribution in [0.25, 0.3) is 0 Å². The molecule has 2 nitrogen and oxygen atoms in total. The predicted octanol–water partition coefficient (Wildman–Crippen LogP) is 4.70. The van der Waals surface area contributed by atoms with Crippen LogP contribution in [-0.2, 0) is 0 Å². The van der Waals surface area contributed by atoms with Crippen molar-refractivity contribution < 1.29 is 0 Å². The second kappa shape index (κ2) is 6.88. The van der Waals surface area contributed by atoms with Gasteiger partial charge in [-0.3, -0.25) is 9.62 Å². The van der Waals surface area contributed by atoms with Crippen molar-refractivity contribution in [2.24, 2.45) is 23.2 Å². The normalized spacial score (nSPS) is 43.3. The molecule has 2 aliphatic carbocycles. The maximum Gasteiger partial charge on any atom is 0.0428 e. The number of likely N-dealkylation sites (tertiary alicyclic amines) is 1. The molecule has 2 aliphatic heterocycles. The fraction of sp³-hybridized carbons (Fsp3) is 1.00. The highest BCUT2D eigenvalue weighted by atomic mass is 32.2. The Morgan fingerprint density at radius 3 is 2.30 bits per heavy atom. The van der Waals surface area contributed by atoms with Crippen LogP contribution in [-0.4, -0.2) is 35.8 Å². The van der Waals surface area contributed by atoms with Crippen molar-refractivity contribution in [3.05, 3.63) is 0 Å². The van der Waals surface area contributed by atoms with Gasteiger partial charge < -0.3 is 0 Å². The van der Waals surface area contributed by atoms with Gasteiger partial charge in [-0.15, -0.1) is 0 Å². The van der Waals surface area contributed by atoms with E-state index in [1.807, 2.05) is 11.9 Å². The standard InChI is InChI=1S/C20H36N2S/c1-3-20(9-16-7-5-4-6-8-16)10-17-12-22(13-18(17)11-20)15(2)19-14-23-21-19/h15-19,21H,3-14H2,1-2H3. The first-order chi connectivity index (χ1) is 11.2. The lowest BCUT2D eigenvalue weighted by Gasteiger charge is -2.39. The highest BCUT2D eigenvalue weighted by Gasteiger charge is 2.49. The van der Waals surface area contributed by atoms with Gasteiger partial charge in [-0.25, -0.2) is 0 Å².